The second-order valence-electron chi connectivity index (χ2n) is 4.47. The standard InChI is InChI=1S/C14H13FN4OS/c15-11-9-10(4-5-12(11)16)21-8-7-19-14(20)18-6-2-1-3-13(18)17-19/h1-6,9H,7-8,16H2. The summed E-state index contributed by atoms with van der Waals surface area (Å²) in [6, 6.07) is 10.1. The van der Waals surface area contributed by atoms with Crippen LogP contribution in [0.25, 0.3) is 5.65 Å². The van der Waals surface area contributed by atoms with Crippen LogP contribution in [0.2, 0.25) is 0 Å². The molecule has 21 heavy (non-hydrogen) atoms. The van der Waals surface area contributed by atoms with Gasteiger partial charge in [-0.05, 0) is 30.3 Å². The molecule has 2 heterocycles. The van der Waals surface area contributed by atoms with Gasteiger partial charge in [0.15, 0.2) is 5.65 Å². The zero-order chi connectivity index (χ0) is 14.8. The van der Waals surface area contributed by atoms with Crippen LogP contribution in [0, 0.1) is 5.82 Å². The number of nitrogens with zero attached hydrogens (tertiary/aromatic N) is 3. The molecule has 2 N–H and O–H groups in total. The molecule has 0 saturated heterocycles. The maximum absolute atomic E-state index is 13.3. The number of hydrogen-bond donors (Lipinski definition) is 1. The molecule has 0 atom stereocenters. The minimum atomic E-state index is -0.426. The Hall–Kier alpha value is -2.28. The summed E-state index contributed by atoms with van der Waals surface area (Å²) >= 11 is 1.45. The predicted octanol–water partition coefficient (Wildman–Crippen LogP) is 2.01. The lowest BCUT2D eigenvalue weighted by Gasteiger charge is -2.03. The first-order valence-electron chi connectivity index (χ1n) is 6.37. The van der Waals surface area contributed by atoms with Gasteiger partial charge in [-0.15, -0.1) is 16.9 Å². The van der Waals surface area contributed by atoms with E-state index in [0.29, 0.717) is 17.9 Å². The number of thioether (sulfide) groups is 1. The van der Waals surface area contributed by atoms with E-state index in [2.05, 4.69) is 5.10 Å². The topological polar surface area (TPSA) is 65.3 Å². The number of anilines is 1. The van der Waals surface area contributed by atoms with Gasteiger partial charge in [0.25, 0.3) is 0 Å². The third-order valence-electron chi connectivity index (χ3n) is 3.03. The van der Waals surface area contributed by atoms with Gasteiger partial charge in [0.05, 0.1) is 12.2 Å². The molecule has 0 bridgehead atoms. The lowest BCUT2D eigenvalue weighted by atomic mass is 10.3. The number of nitrogens with two attached hydrogens (primary N) is 1. The lowest BCUT2D eigenvalue weighted by molar-refractivity contribution is 0.628. The SMILES string of the molecule is Nc1ccc(SCCn2nc3ccccn3c2=O)cc1F. The monoisotopic (exact) mass is 304 g/mol. The molecule has 0 saturated carbocycles. The average molecular weight is 304 g/mol. The van der Waals surface area contributed by atoms with E-state index in [1.807, 2.05) is 6.07 Å². The van der Waals surface area contributed by atoms with E-state index < -0.39 is 5.82 Å². The van der Waals surface area contributed by atoms with Crippen LogP contribution in [0.15, 0.2) is 52.3 Å². The quantitative estimate of drug-likeness (QED) is 0.591. The van der Waals surface area contributed by atoms with Gasteiger partial charge in [-0.1, -0.05) is 6.07 Å². The molecule has 7 heteroatoms. The van der Waals surface area contributed by atoms with Gasteiger partial charge in [-0.2, -0.15) is 0 Å². The number of aryl methyl sites for hydroxylation is 1. The van der Waals surface area contributed by atoms with Crippen LogP contribution >= 0.6 is 11.8 Å². The summed E-state index contributed by atoms with van der Waals surface area (Å²) in [5.41, 5.74) is 6.01. The highest BCUT2D eigenvalue weighted by Crippen LogP contribution is 2.21. The molecule has 0 unspecified atom stereocenters. The number of rotatable bonds is 4. The first kappa shape index (κ1) is 13.7. The molecule has 0 aliphatic heterocycles. The molecule has 0 spiro atoms. The van der Waals surface area contributed by atoms with E-state index in [-0.39, 0.29) is 11.4 Å². The van der Waals surface area contributed by atoms with Gasteiger partial charge in [-0.25, -0.2) is 13.9 Å². The maximum atomic E-state index is 13.3. The molecule has 108 valence electrons. The molecule has 0 radical (unpaired) electrons. The fraction of sp³-hybridized carbons (Fsp3) is 0.143. The summed E-state index contributed by atoms with van der Waals surface area (Å²) in [7, 11) is 0. The number of aromatic nitrogens is 3. The van der Waals surface area contributed by atoms with E-state index in [4.69, 9.17) is 5.73 Å². The van der Waals surface area contributed by atoms with Gasteiger partial charge in [-0.3, -0.25) is 4.40 Å². The van der Waals surface area contributed by atoms with Crippen molar-refractivity contribution in [1.82, 2.24) is 14.2 Å². The molecule has 3 aromatic rings. The predicted molar refractivity (Wildman–Crippen MR) is 81.0 cm³/mol. The normalized spacial score (nSPS) is 11.1. The van der Waals surface area contributed by atoms with Gasteiger partial charge in [0, 0.05) is 16.8 Å². The van der Waals surface area contributed by atoms with Crippen LogP contribution in [0.3, 0.4) is 0 Å². The summed E-state index contributed by atoms with van der Waals surface area (Å²) < 4.78 is 16.2. The van der Waals surface area contributed by atoms with Crippen molar-refractivity contribution in [2.24, 2.45) is 0 Å². The molecule has 0 aliphatic carbocycles. The van der Waals surface area contributed by atoms with Crippen molar-refractivity contribution in [1.29, 1.82) is 0 Å². The van der Waals surface area contributed by atoms with Crippen LogP contribution in [0.4, 0.5) is 10.1 Å². The highest BCUT2D eigenvalue weighted by Gasteiger charge is 2.06. The van der Waals surface area contributed by atoms with Gasteiger partial charge < -0.3 is 5.73 Å². The molecule has 3 rings (SSSR count). The van der Waals surface area contributed by atoms with E-state index >= 15 is 0 Å². The zero-order valence-electron chi connectivity index (χ0n) is 11.1. The summed E-state index contributed by atoms with van der Waals surface area (Å²) in [5, 5.41) is 4.23. The Balaban J connectivity index is 1.70. The number of halogens is 1. The van der Waals surface area contributed by atoms with Crippen molar-refractivity contribution in [3.05, 3.63) is 58.9 Å². The maximum Gasteiger partial charge on any atom is 0.350 e. The van der Waals surface area contributed by atoms with E-state index in [9.17, 15) is 9.18 Å². The van der Waals surface area contributed by atoms with E-state index in [1.165, 1.54) is 33.0 Å². The van der Waals surface area contributed by atoms with Crippen molar-refractivity contribution in [2.75, 3.05) is 11.5 Å². The molecule has 0 fully saturated rings. The highest BCUT2D eigenvalue weighted by molar-refractivity contribution is 7.99. The highest BCUT2D eigenvalue weighted by atomic mass is 32.2. The van der Waals surface area contributed by atoms with Crippen molar-refractivity contribution < 1.29 is 4.39 Å². The smallest absolute Gasteiger partial charge is 0.350 e. The largest absolute Gasteiger partial charge is 0.396 e. The molecule has 1 aromatic carbocycles. The van der Waals surface area contributed by atoms with Crippen molar-refractivity contribution in [3.8, 4) is 0 Å². The van der Waals surface area contributed by atoms with Crippen LogP contribution in [0.1, 0.15) is 0 Å². The minimum absolute atomic E-state index is 0.135. The third-order valence-corrected chi connectivity index (χ3v) is 4.01. The second-order valence-corrected chi connectivity index (χ2v) is 5.63. The molecule has 0 amide bonds. The second kappa shape index (κ2) is 5.61. The third kappa shape index (κ3) is 2.78. The first-order valence-corrected chi connectivity index (χ1v) is 7.36. The average Bonchev–Trinajstić information content (AvgIpc) is 2.80. The fourth-order valence-corrected chi connectivity index (χ4v) is 2.81. The Morgan fingerprint density at radius 3 is 2.90 bits per heavy atom. The molecule has 0 aliphatic rings. The van der Waals surface area contributed by atoms with Gasteiger partial charge >= 0.3 is 5.69 Å². The van der Waals surface area contributed by atoms with E-state index in [1.54, 1.807) is 24.4 Å². The first-order chi connectivity index (χ1) is 10.1. The zero-order valence-corrected chi connectivity index (χ0v) is 11.9. The molecule has 2 aromatic heterocycles. The Labute approximate surface area is 124 Å². The van der Waals surface area contributed by atoms with Crippen LogP contribution < -0.4 is 11.4 Å². The Kier molecular flexibility index (Phi) is 3.66. The van der Waals surface area contributed by atoms with Crippen LogP contribution in [-0.2, 0) is 6.54 Å². The van der Waals surface area contributed by atoms with Gasteiger partial charge in [0.2, 0.25) is 0 Å². The molecular weight excluding hydrogens is 291 g/mol. The fourth-order valence-electron chi connectivity index (χ4n) is 1.96. The summed E-state index contributed by atoms with van der Waals surface area (Å²) in [4.78, 5) is 12.8. The van der Waals surface area contributed by atoms with Crippen molar-refractivity contribution >= 4 is 23.1 Å². The lowest BCUT2D eigenvalue weighted by Crippen LogP contribution is -2.21. The summed E-state index contributed by atoms with van der Waals surface area (Å²) in [6.07, 6.45) is 1.68. The number of pyridine rings is 1. The number of nitrogen functional groups attached to an aromatic ring is 1. The van der Waals surface area contributed by atoms with Gasteiger partial charge in [0.1, 0.15) is 5.82 Å². The van der Waals surface area contributed by atoms with Crippen LogP contribution in [0.5, 0.6) is 0 Å². The van der Waals surface area contributed by atoms with E-state index in [0.717, 1.165) is 4.90 Å². The van der Waals surface area contributed by atoms with Crippen molar-refractivity contribution in [2.45, 2.75) is 11.4 Å². The Bertz CT molecular complexity index is 842. The number of fused-ring (bicyclic) bond motifs is 1. The molecule has 5 nitrogen and oxygen atoms in total. The summed E-state index contributed by atoms with van der Waals surface area (Å²) in [6.45, 7) is 0.456. The number of hydrogen-bond acceptors (Lipinski definition) is 4. The Morgan fingerprint density at radius 1 is 1.29 bits per heavy atom. The molecular formula is C14H13FN4OS. The number of benzene rings is 1. The van der Waals surface area contributed by atoms with Crippen molar-refractivity contribution in [3.63, 3.8) is 0 Å². The van der Waals surface area contributed by atoms with Crippen LogP contribution in [-0.4, -0.2) is 19.9 Å². The Morgan fingerprint density at radius 2 is 2.14 bits per heavy atom. The minimum Gasteiger partial charge on any atom is -0.396 e. The summed E-state index contributed by atoms with van der Waals surface area (Å²) in [5.74, 6) is 0.192.